The molecule has 1 amide bonds. The van der Waals surface area contributed by atoms with Crippen LogP contribution in [-0.4, -0.2) is 58.1 Å². The zero-order valence-corrected chi connectivity index (χ0v) is 19.8. The molecule has 0 atom stereocenters. The second-order valence-electron chi connectivity index (χ2n) is 6.96. The van der Waals surface area contributed by atoms with Crippen molar-refractivity contribution >= 4 is 17.7 Å². The Morgan fingerprint density at radius 2 is 1.67 bits per heavy atom. The molecule has 7 nitrogen and oxygen atoms in total. The van der Waals surface area contributed by atoms with Gasteiger partial charge in [0.15, 0.2) is 11.0 Å². The Morgan fingerprint density at radius 3 is 2.24 bits per heavy atom. The summed E-state index contributed by atoms with van der Waals surface area (Å²) in [7, 11) is 1.63. The van der Waals surface area contributed by atoms with E-state index in [1.807, 2.05) is 60.0 Å². The van der Waals surface area contributed by atoms with Crippen molar-refractivity contribution in [3.05, 3.63) is 73.8 Å². The molecule has 0 unspecified atom stereocenters. The van der Waals surface area contributed by atoms with Crippen molar-refractivity contribution in [3.8, 4) is 28.6 Å². The number of methoxy groups -OCH3 is 1. The van der Waals surface area contributed by atoms with E-state index in [0.29, 0.717) is 30.7 Å². The molecule has 33 heavy (non-hydrogen) atoms. The number of carbonyl (C=O) groups is 1. The topological polar surface area (TPSA) is 69.5 Å². The van der Waals surface area contributed by atoms with Gasteiger partial charge < -0.3 is 14.4 Å². The number of thioether (sulfide) groups is 1. The van der Waals surface area contributed by atoms with Gasteiger partial charge >= 0.3 is 0 Å². The molecular formula is C25H28N4O3S. The van der Waals surface area contributed by atoms with Gasteiger partial charge in [0.1, 0.15) is 11.5 Å². The zero-order chi connectivity index (χ0) is 23.6. The minimum Gasteiger partial charge on any atom is -0.497 e. The van der Waals surface area contributed by atoms with Crippen molar-refractivity contribution in [2.45, 2.75) is 12.1 Å². The van der Waals surface area contributed by atoms with Gasteiger partial charge in [-0.15, -0.1) is 23.4 Å². The van der Waals surface area contributed by atoms with Crippen LogP contribution >= 0.6 is 11.8 Å². The van der Waals surface area contributed by atoms with Gasteiger partial charge in [0, 0.05) is 24.3 Å². The number of hydrogen-bond acceptors (Lipinski definition) is 6. The van der Waals surface area contributed by atoms with Gasteiger partial charge in [-0.2, -0.15) is 0 Å². The fourth-order valence-electron chi connectivity index (χ4n) is 3.19. The zero-order valence-electron chi connectivity index (χ0n) is 18.9. The molecule has 0 saturated carbocycles. The third-order valence-electron chi connectivity index (χ3n) is 4.76. The van der Waals surface area contributed by atoms with Crippen LogP contribution in [-0.2, 0) is 4.79 Å². The van der Waals surface area contributed by atoms with Crippen LogP contribution in [0.5, 0.6) is 11.5 Å². The Hall–Kier alpha value is -3.52. The smallest absolute Gasteiger partial charge is 0.233 e. The Morgan fingerprint density at radius 1 is 1.03 bits per heavy atom. The van der Waals surface area contributed by atoms with Crippen molar-refractivity contribution in [1.82, 2.24) is 19.7 Å². The van der Waals surface area contributed by atoms with Crippen LogP contribution in [0.4, 0.5) is 0 Å². The van der Waals surface area contributed by atoms with Crippen molar-refractivity contribution in [3.63, 3.8) is 0 Å². The maximum absolute atomic E-state index is 12.7. The summed E-state index contributed by atoms with van der Waals surface area (Å²) < 4.78 is 12.8. The van der Waals surface area contributed by atoms with Crippen LogP contribution in [0, 0.1) is 0 Å². The first kappa shape index (κ1) is 24.1. The Balaban J connectivity index is 1.94. The highest BCUT2D eigenvalue weighted by Crippen LogP contribution is 2.30. The van der Waals surface area contributed by atoms with Gasteiger partial charge in [-0.25, -0.2) is 0 Å². The summed E-state index contributed by atoms with van der Waals surface area (Å²) in [6.45, 7) is 10.9. The molecule has 0 radical (unpaired) electrons. The van der Waals surface area contributed by atoms with Gasteiger partial charge in [-0.05, 0) is 55.5 Å². The third kappa shape index (κ3) is 6.04. The van der Waals surface area contributed by atoms with Crippen LogP contribution in [0.1, 0.15) is 6.92 Å². The van der Waals surface area contributed by atoms with Gasteiger partial charge in [0.05, 0.1) is 19.5 Å². The fraction of sp³-hybridized carbons (Fsp3) is 0.240. The Kier molecular flexibility index (Phi) is 8.71. The van der Waals surface area contributed by atoms with Gasteiger partial charge in [-0.3, -0.25) is 9.36 Å². The number of ether oxygens (including phenoxy) is 2. The molecule has 3 aromatic rings. The molecule has 0 bridgehead atoms. The fourth-order valence-corrected chi connectivity index (χ4v) is 4.04. The normalized spacial score (nSPS) is 10.5. The summed E-state index contributed by atoms with van der Waals surface area (Å²) >= 11 is 1.34. The van der Waals surface area contributed by atoms with Crippen LogP contribution in [0.2, 0.25) is 0 Å². The number of hydrogen-bond donors (Lipinski definition) is 0. The van der Waals surface area contributed by atoms with E-state index in [0.717, 1.165) is 22.7 Å². The molecule has 172 valence electrons. The standard InChI is InChI=1S/C25H28N4O3S/c1-5-16-28(17-6-2)23(30)18-33-25-27-26-24(19-8-12-21(31-4)13-9-19)29(25)20-10-14-22(15-11-20)32-7-3/h5-6,8-15H,1-2,7,16-18H2,3-4H3. The number of aromatic nitrogens is 3. The van der Waals surface area contributed by atoms with E-state index in [4.69, 9.17) is 9.47 Å². The highest BCUT2D eigenvalue weighted by Gasteiger charge is 2.19. The lowest BCUT2D eigenvalue weighted by Gasteiger charge is -2.19. The summed E-state index contributed by atoms with van der Waals surface area (Å²) in [4.78, 5) is 14.4. The largest absolute Gasteiger partial charge is 0.497 e. The first-order chi connectivity index (χ1) is 16.1. The molecule has 0 spiro atoms. The lowest BCUT2D eigenvalue weighted by atomic mass is 10.2. The number of rotatable bonds is 12. The number of carbonyl (C=O) groups excluding carboxylic acids is 1. The van der Waals surface area contributed by atoms with E-state index in [2.05, 4.69) is 23.4 Å². The monoisotopic (exact) mass is 464 g/mol. The summed E-state index contributed by atoms with van der Waals surface area (Å²) in [5, 5.41) is 9.45. The number of amides is 1. The number of benzene rings is 2. The molecule has 1 heterocycles. The average molecular weight is 465 g/mol. The average Bonchev–Trinajstić information content (AvgIpc) is 3.27. The summed E-state index contributed by atoms with van der Waals surface area (Å²) in [5.41, 5.74) is 1.76. The lowest BCUT2D eigenvalue weighted by Crippen LogP contribution is -2.32. The van der Waals surface area contributed by atoms with E-state index in [1.54, 1.807) is 24.2 Å². The lowest BCUT2D eigenvalue weighted by molar-refractivity contribution is -0.127. The van der Waals surface area contributed by atoms with E-state index >= 15 is 0 Å². The molecule has 0 saturated heterocycles. The first-order valence-electron chi connectivity index (χ1n) is 10.6. The third-order valence-corrected chi connectivity index (χ3v) is 5.68. The van der Waals surface area contributed by atoms with Gasteiger partial charge in [0.25, 0.3) is 0 Å². The van der Waals surface area contributed by atoms with Crippen LogP contribution in [0.25, 0.3) is 17.1 Å². The molecule has 3 rings (SSSR count). The predicted molar refractivity (Wildman–Crippen MR) is 132 cm³/mol. The summed E-state index contributed by atoms with van der Waals surface area (Å²) in [6, 6.07) is 15.4. The van der Waals surface area contributed by atoms with E-state index in [9.17, 15) is 4.79 Å². The maximum Gasteiger partial charge on any atom is 0.233 e. The predicted octanol–water partition coefficient (Wildman–Crippen LogP) is 4.63. The number of nitrogens with zero attached hydrogens (tertiary/aromatic N) is 4. The van der Waals surface area contributed by atoms with Crippen LogP contribution < -0.4 is 9.47 Å². The highest BCUT2D eigenvalue weighted by atomic mass is 32.2. The molecule has 0 aliphatic rings. The second kappa shape index (κ2) is 11.9. The summed E-state index contributed by atoms with van der Waals surface area (Å²) in [6.07, 6.45) is 3.41. The van der Waals surface area contributed by atoms with Gasteiger partial charge in [0.2, 0.25) is 5.91 Å². The Labute approximate surface area is 198 Å². The van der Waals surface area contributed by atoms with E-state index in [1.165, 1.54) is 11.8 Å². The maximum atomic E-state index is 12.7. The first-order valence-corrected chi connectivity index (χ1v) is 11.5. The SMILES string of the molecule is C=CCN(CC=C)C(=O)CSc1nnc(-c2ccc(OC)cc2)n1-c1ccc(OCC)cc1. The molecule has 8 heteroatoms. The highest BCUT2D eigenvalue weighted by molar-refractivity contribution is 7.99. The Bertz CT molecular complexity index is 1070. The van der Waals surface area contributed by atoms with Crippen LogP contribution in [0.15, 0.2) is 79.0 Å². The van der Waals surface area contributed by atoms with Crippen molar-refractivity contribution in [1.29, 1.82) is 0 Å². The van der Waals surface area contributed by atoms with E-state index in [-0.39, 0.29) is 11.7 Å². The molecule has 1 aromatic heterocycles. The van der Waals surface area contributed by atoms with Crippen molar-refractivity contribution in [2.75, 3.05) is 32.6 Å². The van der Waals surface area contributed by atoms with Crippen molar-refractivity contribution < 1.29 is 14.3 Å². The molecule has 2 aromatic carbocycles. The van der Waals surface area contributed by atoms with Gasteiger partial charge in [-0.1, -0.05) is 23.9 Å². The minimum absolute atomic E-state index is 0.0213. The van der Waals surface area contributed by atoms with E-state index < -0.39 is 0 Å². The van der Waals surface area contributed by atoms with Crippen molar-refractivity contribution in [2.24, 2.45) is 0 Å². The molecular weight excluding hydrogens is 436 g/mol. The van der Waals surface area contributed by atoms with Crippen LogP contribution in [0.3, 0.4) is 0 Å². The minimum atomic E-state index is -0.0213. The molecule has 0 aliphatic carbocycles. The quantitative estimate of drug-likeness (QED) is 0.287. The summed E-state index contributed by atoms with van der Waals surface area (Å²) in [5.74, 6) is 2.42. The molecule has 0 N–H and O–H groups in total. The molecule has 0 aliphatic heterocycles. The molecule has 0 fully saturated rings. The second-order valence-corrected chi connectivity index (χ2v) is 7.90.